The van der Waals surface area contributed by atoms with E-state index >= 15 is 0 Å². The van der Waals surface area contributed by atoms with Crippen LogP contribution < -0.4 is 5.32 Å². The first-order chi connectivity index (χ1) is 14.7. The Balaban J connectivity index is 1.24. The van der Waals surface area contributed by atoms with Gasteiger partial charge in [-0.15, -0.1) is 5.10 Å². The number of nitrogens with one attached hydrogen (secondary N) is 2. The Kier molecular flexibility index (Phi) is 6.12. The molecule has 4 rings (SSSR count). The first-order valence-corrected chi connectivity index (χ1v) is 10.2. The van der Waals surface area contributed by atoms with Crippen molar-refractivity contribution in [1.82, 2.24) is 25.1 Å². The first kappa shape index (κ1) is 19.8. The van der Waals surface area contributed by atoms with E-state index in [2.05, 4.69) is 25.5 Å². The van der Waals surface area contributed by atoms with E-state index in [1.807, 2.05) is 53.4 Å². The average molecular weight is 404 g/mol. The van der Waals surface area contributed by atoms with Gasteiger partial charge in [-0.3, -0.25) is 25.0 Å². The number of H-pyrrole nitrogens is 1. The molecule has 3 aromatic rings. The van der Waals surface area contributed by atoms with Crippen LogP contribution in [0.4, 0.5) is 5.95 Å². The number of piperidine rings is 1. The summed E-state index contributed by atoms with van der Waals surface area (Å²) in [5.41, 5.74) is 1.82. The van der Waals surface area contributed by atoms with Crippen molar-refractivity contribution in [3.05, 3.63) is 60.3 Å². The minimum Gasteiger partial charge on any atom is -0.343 e. The molecule has 2 aromatic heterocycles. The molecule has 0 bridgehead atoms. The number of anilines is 1. The van der Waals surface area contributed by atoms with E-state index < -0.39 is 0 Å². The Labute approximate surface area is 174 Å². The Hall–Kier alpha value is -3.55. The topological polar surface area (TPSA) is 104 Å². The zero-order chi connectivity index (χ0) is 20.8. The number of rotatable bonds is 6. The number of likely N-dealkylation sites (tertiary alicyclic amines) is 1. The molecule has 0 radical (unpaired) electrons. The van der Waals surface area contributed by atoms with E-state index in [0.717, 1.165) is 12.0 Å². The lowest BCUT2D eigenvalue weighted by atomic mass is 9.95. The lowest BCUT2D eigenvalue weighted by Crippen LogP contribution is -2.41. The number of amides is 2. The molecule has 0 atom stereocenters. The van der Waals surface area contributed by atoms with Crippen LogP contribution in [0.25, 0.3) is 11.5 Å². The largest absolute Gasteiger partial charge is 0.343 e. The first-order valence-electron chi connectivity index (χ1n) is 10.2. The Morgan fingerprint density at radius 2 is 1.83 bits per heavy atom. The van der Waals surface area contributed by atoms with Crippen molar-refractivity contribution in [3.8, 4) is 11.5 Å². The van der Waals surface area contributed by atoms with Gasteiger partial charge >= 0.3 is 0 Å². The number of aromatic amines is 1. The number of hydrogen-bond acceptors (Lipinski definition) is 5. The highest BCUT2D eigenvalue weighted by Crippen LogP contribution is 2.20. The lowest BCUT2D eigenvalue weighted by Gasteiger charge is -2.31. The van der Waals surface area contributed by atoms with Crippen LogP contribution >= 0.6 is 0 Å². The van der Waals surface area contributed by atoms with Crippen LogP contribution in [0.5, 0.6) is 0 Å². The zero-order valence-corrected chi connectivity index (χ0v) is 16.6. The molecule has 0 unspecified atom stereocenters. The van der Waals surface area contributed by atoms with Crippen LogP contribution in [0.2, 0.25) is 0 Å². The Morgan fingerprint density at radius 1 is 1.07 bits per heavy atom. The standard InChI is InChI=1S/C22H24N6O2/c29-19(10-9-16-6-2-1-3-7-16)28-14-11-17(12-15-28)21(30)25-22-24-20(26-27-22)18-8-4-5-13-23-18/h1-8,13,17H,9-12,14-15H2,(H2,24,25,26,27,30). The van der Waals surface area contributed by atoms with Gasteiger partial charge in [0.2, 0.25) is 17.8 Å². The molecule has 1 aromatic carbocycles. The number of nitrogens with zero attached hydrogens (tertiary/aromatic N) is 4. The summed E-state index contributed by atoms with van der Waals surface area (Å²) in [6.45, 7) is 1.19. The number of benzene rings is 1. The maximum atomic E-state index is 12.6. The monoisotopic (exact) mass is 404 g/mol. The summed E-state index contributed by atoms with van der Waals surface area (Å²) in [4.78, 5) is 35.4. The third kappa shape index (κ3) is 4.89. The average Bonchev–Trinajstić information content (AvgIpc) is 3.27. The second-order valence-corrected chi connectivity index (χ2v) is 7.35. The molecule has 8 heteroatoms. The molecule has 1 aliphatic rings. The highest BCUT2D eigenvalue weighted by atomic mass is 16.2. The minimum absolute atomic E-state index is 0.113. The maximum absolute atomic E-state index is 12.6. The summed E-state index contributed by atoms with van der Waals surface area (Å²) in [7, 11) is 0. The van der Waals surface area contributed by atoms with Gasteiger partial charge in [0.25, 0.3) is 0 Å². The van der Waals surface area contributed by atoms with Crippen molar-refractivity contribution in [2.45, 2.75) is 25.7 Å². The number of hydrogen-bond donors (Lipinski definition) is 2. The molecule has 1 aliphatic heterocycles. The molecule has 1 fully saturated rings. The maximum Gasteiger partial charge on any atom is 0.249 e. The van der Waals surface area contributed by atoms with Gasteiger partial charge in [0.15, 0.2) is 5.82 Å². The number of pyridine rings is 1. The molecule has 30 heavy (non-hydrogen) atoms. The molecule has 0 aliphatic carbocycles. The van der Waals surface area contributed by atoms with Crippen LogP contribution in [0.1, 0.15) is 24.8 Å². The van der Waals surface area contributed by atoms with Gasteiger partial charge in [0.05, 0.1) is 0 Å². The predicted molar refractivity (Wildman–Crippen MR) is 112 cm³/mol. The molecule has 0 spiro atoms. The second-order valence-electron chi connectivity index (χ2n) is 7.35. The van der Waals surface area contributed by atoms with Crippen molar-refractivity contribution >= 4 is 17.8 Å². The third-order valence-corrected chi connectivity index (χ3v) is 5.32. The van der Waals surface area contributed by atoms with Crippen molar-refractivity contribution in [3.63, 3.8) is 0 Å². The van der Waals surface area contributed by atoms with E-state index in [1.54, 1.807) is 6.20 Å². The second kappa shape index (κ2) is 9.30. The number of carbonyl (C=O) groups excluding carboxylic acids is 2. The van der Waals surface area contributed by atoms with E-state index in [9.17, 15) is 9.59 Å². The number of carbonyl (C=O) groups is 2. The van der Waals surface area contributed by atoms with E-state index in [1.165, 1.54) is 0 Å². The summed E-state index contributed by atoms with van der Waals surface area (Å²) in [5.74, 6) is 0.622. The predicted octanol–water partition coefficient (Wildman–Crippen LogP) is 2.68. The molecule has 1 saturated heterocycles. The fourth-order valence-corrected chi connectivity index (χ4v) is 3.59. The fraction of sp³-hybridized carbons (Fsp3) is 0.318. The normalized spacial score (nSPS) is 14.5. The van der Waals surface area contributed by atoms with Crippen molar-refractivity contribution < 1.29 is 9.59 Å². The smallest absolute Gasteiger partial charge is 0.249 e. The van der Waals surface area contributed by atoms with Crippen LogP contribution in [0, 0.1) is 5.92 Å². The molecule has 8 nitrogen and oxygen atoms in total. The van der Waals surface area contributed by atoms with Crippen molar-refractivity contribution in [1.29, 1.82) is 0 Å². The quantitative estimate of drug-likeness (QED) is 0.657. The Morgan fingerprint density at radius 3 is 2.57 bits per heavy atom. The van der Waals surface area contributed by atoms with Gasteiger partial charge < -0.3 is 4.90 Å². The van der Waals surface area contributed by atoms with Gasteiger partial charge in [-0.25, -0.2) is 0 Å². The number of aromatic nitrogens is 4. The zero-order valence-electron chi connectivity index (χ0n) is 16.6. The van der Waals surface area contributed by atoms with Crippen LogP contribution in [0.15, 0.2) is 54.7 Å². The molecule has 2 N–H and O–H groups in total. The summed E-state index contributed by atoms with van der Waals surface area (Å²) in [5, 5.41) is 9.61. The van der Waals surface area contributed by atoms with Gasteiger partial charge in [0.1, 0.15) is 5.69 Å². The Bertz CT molecular complexity index is 981. The van der Waals surface area contributed by atoms with Gasteiger partial charge in [-0.1, -0.05) is 36.4 Å². The molecule has 154 valence electrons. The van der Waals surface area contributed by atoms with Crippen molar-refractivity contribution in [2.75, 3.05) is 18.4 Å². The van der Waals surface area contributed by atoms with Gasteiger partial charge in [0, 0.05) is 31.6 Å². The molecule has 2 amide bonds. The lowest BCUT2D eigenvalue weighted by molar-refractivity contribution is -0.134. The summed E-state index contributed by atoms with van der Waals surface area (Å²) < 4.78 is 0. The van der Waals surface area contributed by atoms with Crippen LogP contribution in [0.3, 0.4) is 0 Å². The SMILES string of the molecule is O=C(Nc1n[nH]c(-c2ccccn2)n1)C1CCN(C(=O)CCc2ccccc2)CC1. The third-order valence-electron chi connectivity index (χ3n) is 5.32. The van der Waals surface area contributed by atoms with Gasteiger partial charge in [-0.2, -0.15) is 4.98 Å². The molecular formula is C22H24N6O2. The van der Waals surface area contributed by atoms with Crippen molar-refractivity contribution in [2.24, 2.45) is 5.92 Å². The van der Waals surface area contributed by atoms with E-state index in [0.29, 0.717) is 43.9 Å². The molecular weight excluding hydrogens is 380 g/mol. The van der Waals surface area contributed by atoms with Gasteiger partial charge in [-0.05, 0) is 37.0 Å². The summed E-state index contributed by atoms with van der Waals surface area (Å²) in [6, 6.07) is 15.5. The minimum atomic E-state index is -0.153. The number of aryl methyl sites for hydroxylation is 1. The van der Waals surface area contributed by atoms with Crippen LogP contribution in [-0.2, 0) is 16.0 Å². The van der Waals surface area contributed by atoms with E-state index in [-0.39, 0.29) is 23.7 Å². The highest BCUT2D eigenvalue weighted by Gasteiger charge is 2.27. The fourth-order valence-electron chi connectivity index (χ4n) is 3.59. The summed E-state index contributed by atoms with van der Waals surface area (Å²) >= 11 is 0. The summed E-state index contributed by atoms with van der Waals surface area (Å²) in [6.07, 6.45) is 4.18. The molecule has 0 saturated carbocycles. The highest BCUT2D eigenvalue weighted by molar-refractivity contribution is 5.91. The molecule has 3 heterocycles. The van der Waals surface area contributed by atoms with E-state index in [4.69, 9.17) is 0 Å². The van der Waals surface area contributed by atoms with Crippen LogP contribution in [-0.4, -0.2) is 50.0 Å².